The van der Waals surface area contributed by atoms with Gasteiger partial charge in [-0.25, -0.2) is 4.79 Å². The summed E-state index contributed by atoms with van der Waals surface area (Å²) in [5, 5.41) is 11.2. The van der Waals surface area contributed by atoms with Gasteiger partial charge in [-0.15, -0.1) is 12.4 Å². The fourth-order valence-electron chi connectivity index (χ4n) is 3.45. The summed E-state index contributed by atoms with van der Waals surface area (Å²) in [7, 11) is 3.92. The Kier molecular flexibility index (Phi) is 7.11. The number of benzene rings is 2. The average molecular weight is 403 g/mol. The number of carbonyl (C=O) groups excluding carboxylic acids is 1. The summed E-state index contributed by atoms with van der Waals surface area (Å²) in [6.45, 7) is 5.30. The molecule has 0 aliphatic rings. The number of esters is 1. The minimum Gasteiger partial charge on any atom is -0.508 e. The average Bonchev–Trinajstić information content (AvgIpc) is 2.87. The van der Waals surface area contributed by atoms with Crippen LogP contribution in [0.3, 0.4) is 0 Å². The first kappa shape index (κ1) is 21.8. The molecule has 0 saturated heterocycles. The second kappa shape index (κ2) is 9.13. The molecule has 2 aromatic carbocycles. The predicted molar refractivity (Wildman–Crippen MR) is 114 cm³/mol. The molecule has 0 atom stereocenters. The van der Waals surface area contributed by atoms with Crippen molar-refractivity contribution in [2.24, 2.45) is 0 Å². The van der Waals surface area contributed by atoms with Crippen molar-refractivity contribution < 1.29 is 14.6 Å². The molecule has 0 saturated carbocycles. The number of carbonyl (C=O) groups is 1. The van der Waals surface area contributed by atoms with Gasteiger partial charge in [0, 0.05) is 29.7 Å². The molecule has 150 valence electrons. The Morgan fingerprint density at radius 2 is 1.86 bits per heavy atom. The second-order valence-corrected chi connectivity index (χ2v) is 6.99. The molecule has 5 nitrogen and oxygen atoms in total. The molecule has 0 aliphatic heterocycles. The monoisotopic (exact) mass is 402 g/mol. The molecule has 1 heterocycles. The second-order valence-electron chi connectivity index (χ2n) is 6.99. The third kappa shape index (κ3) is 4.32. The van der Waals surface area contributed by atoms with E-state index in [9.17, 15) is 9.90 Å². The Hall–Kier alpha value is -2.50. The van der Waals surface area contributed by atoms with Gasteiger partial charge in [-0.05, 0) is 45.6 Å². The Bertz CT molecular complexity index is 965. The van der Waals surface area contributed by atoms with Crippen LogP contribution in [0, 0.1) is 6.92 Å². The predicted octanol–water partition coefficient (Wildman–Crippen LogP) is 4.36. The zero-order chi connectivity index (χ0) is 19.6. The van der Waals surface area contributed by atoms with E-state index in [2.05, 4.69) is 16.7 Å². The summed E-state index contributed by atoms with van der Waals surface area (Å²) in [6, 6.07) is 13.8. The highest BCUT2D eigenvalue weighted by atomic mass is 35.5. The number of ether oxygens (including phenoxy) is 1. The number of hydrogen-bond donors (Lipinski definition) is 1. The molecule has 0 aliphatic carbocycles. The number of hydrogen-bond acceptors (Lipinski definition) is 4. The maximum absolute atomic E-state index is 12.6. The van der Waals surface area contributed by atoms with Gasteiger partial charge < -0.3 is 19.3 Å². The lowest BCUT2D eigenvalue weighted by molar-refractivity contribution is 0.0527. The fraction of sp³-hybridized carbons (Fsp3) is 0.318. The van der Waals surface area contributed by atoms with Crippen molar-refractivity contribution in [3.63, 3.8) is 0 Å². The van der Waals surface area contributed by atoms with E-state index in [1.165, 1.54) is 0 Å². The molecule has 0 radical (unpaired) electrons. The van der Waals surface area contributed by atoms with Crippen molar-refractivity contribution in [3.8, 4) is 5.75 Å². The minimum atomic E-state index is -0.355. The summed E-state index contributed by atoms with van der Waals surface area (Å²) < 4.78 is 7.39. The summed E-state index contributed by atoms with van der Waals surface area (Å²) in [5.74, 6) is -0.162. The highest BCUT2D eigenvalue weighted by molar-refractivity contribution is 6.06. The third-order valence-corrected chi connectivity index (χ3v) is 4.67. The summed E-state index contributed by atoms with van der Waals surface area (Å²) >= 11 is 0. The van der Waals surface area contributed by atoms with Crippen molar-refractivity contribution in [1.82, 2.24) is 9.47 Å². The molecule has 28 heavy (non-hydrogen) atoms. The van der Waals surface area contributed by atoms with E-state index in [1.54, 1.807) is 13.0 Å². The SMILES string of the molecule is CCOC(=O)c1c(C)n(Cc2ccccc2)c2cc(CN(C)C)c(O)cc12.Cl. The number of nitrogens with zero attached hydrogens (tertiary/aromatic N) is 2. The lowest BCUT2D eigenvalue weighted by atomic mass is 10.1. The molecule has 3 rings (SSSR count). The van der Waals surface area contributed by atoms with E-state index in [4.69, 9.17) is 4.74 Å². The lowest BCUT2D eigenvalue weighted by Gasteiger charge is -2.13. The van der Waals surface area contributed by atoms with Gasteiger partial charge in [0.25, 0.3) is 0 Å². The first-order valence-corrected chi connectivity index (χ1v) is 9.12. The molecule has 0 unspecified atom stereocenters. The maximum atomic E-state index is 12.6. The van der Waals surface area contributed by atoms with E-state index in [-0.39, 0.29) is 24.1 Å². The van der Waals surface area contributed by atoms with Crippen molar-refractivity contribution in [2.45, 2.75) is 26.9 Å². The Morgan fingerprint density at radius 3 is 2.46 bits per heavy atom. The van der Waals surface area contributed by atoms with Crippen molar-refractivity contribution >= 4 is 29.3 Å². The Morgan fingerprint density at radius 1 is 1.18 bits per heavy atom. The van der Waals surface area contributed by atoms with Gasteiger partial charge in [0.1, 0.15) is 5.75 Å². The van der Waals surface area contributed by atoms with E-state index < -0.39 is 0 Å². The van der Waals surface area contributed by atoms with E-state index in [0.29, 0.717) is 25.3 Å². The van der Waals surface area contributed by atoms with Crippen molar-refractivity contribution in [2.75, 3.05) is 20.7 Å². The van der Waals surface area contributed by atoms with Crippen LogP contribution in [0.1, 0.15) is 34.1 Å². The molecular formula is C22H27ClN2O3. The van der Waals surface area contributed by atoms with E-state index >= 15 is 0 Å². The van der Waals surface area contributed by atoms with Crippen molar-refractivity contribution in [1.29, 1.82) is 0 Å². The van der Waals surface area contributed by atoms with Crippen LogP contribution >= 0.6 is 12.4 Å². The standard InChI is InChI=1S/C22H26N2O3.ClH/c1-5-27-22(26)21-15(2)24(13-16-9-7-6-8-10-16)19-11-17(14-23(3)4)20(25)12-18(19)21;/h6-12,25H,5,13-14H2,1-4H3;1H. The quantitative estimate of drug-likeness (QED) is 0.622. The minimum absolute atomic E-state index is 0. The molecule has 0 amide bonds. The zero-order valence-electron chi connectivity index (χ0n) is 16.7. The highest BCUT2D eigenvalue weighted by Gasteiger charge is 2.23. The topological polar surface area (TPSA) is 54.7 Å². The normalized spacial score (nSPS) is 10.9. The van der Waals surface area contributed by atoms with Gasteiger partial charge in [0.05, 0.1) is 17.7 Å². The van der Waals surface area contributed by atoms with Gasteiger partial charge in [-0.1, -0.05) is 30.3 Å². The Balaban J connectivity index is 0.00000280. The first-order chi connectivity index (χ1) is 12.9. The van der Waals surface area contributed by atoms with Gasteiger partial charge in [-0.3, -0.25) is 0 Å². The summed E-state index contributed by atoms with van der Waals surface area (Å²) in [6.07, 6.45) is 0. The summed E-state index contributed by atoms with van der Waals surface area (Å²) in [5.41, 5.74) is 4.27. The number of phenolic OH excluding ortho intramolecular Hbond substituents is 1. The van der Waals surface area contributed by atoms with Crippen LogP contribution in [0.2, 0.25) is 0 Å². The molecular weight excluding hydrogens is 376 g/mol. The maximum Gasteiger partial charge on any atom is 0.340 e. The Labute approximate surface area is 171 Å². The fourth-order valence-corrected chi connectivity index (χ4v) is 3.45. The van der Waals surface area contributed by atoms with Crippen LogP contribution in [-0.4, -0.2) is 41.2 Å². The molecule has 1 N–H and O–H groups in total. The van der Waals surface area contributed by atoms with Crippen LogP contribution in [0.15, 0.2) is 42.5 Å². The van der Waals surface area contributed by atoms with Crippen LogP contribution in [-0.2, 0) is 17.8 Å². The van der Waals surface area contributed by atoms with Crippen LogP contribution < -0.4 is 0 Å². The lowest BCUT2D eigenvalue weighted by Crippen LogP contribution is -2.11. The van der Waals surface area contributed by atoms with Gasteiger partial charge in [0.15, 0.2) is 0 Å². The number of phenols is 1. The number of aromatic hydroxyl groups is 1. The van der Waals surface area contributed by atoms with E-state index in [0.717, 1.165) is 27.7 Å². The van der Waals surface area contributed by atoms with Crippen LogP contribution in [0.4, 0.5) is 0 Å². The third-order valence-electron chi connectivity index (χ3n) is 4.67. The highest BCUT2D eigenvalue weighted by Crippen LogP contribution is 2.33. The van der Waals surface area contributed by atoms with Gasteiger partial charge >= 0.3 is 5.97 Å². The van der Waals surface area contributed by atoms with Gasteiger partial charge in [0.2, 0.25) is 0 Å². The number of aromatic nitrogens is 1. The smallest absolute Gasteiger partial charge is 0.340 e. The van der Waals surface area contributed by atoms with Gasteiger partial charge in [-0.2, -0.15) is 0 Å². The number of fused-ring (bicyclic) bond motifs is 1. The summed E-state index contributed by atoms with van der Waals surface area (Å²) in [4.78, 5) is 14.6. The van der Waals surface area contributed by atoms with E-state index in [1.807, 2.05) is 50.2 Å². The van der Waals surface area contributed by atoms with Crippen molar-refractivity contribution in [3.05, 3.63) is 64.8 Å². The molecule has 6 heteroatoms. The molecule has 0 fully saturated rings. The van der Waals surface area contributed by atoms with Crippen LogP contribution in [0.25, 0.3) is 10.9 Å². The molecule has 1 aromatic heterocycles. The molecule has 0 bridgehead atoms. The zero-order valence-corrected chi connectivity index (χ0v) is 17.5. The van der Waals surface area contributed by atoms with Crippen LogP contribution in [0.5, 0.6) is 5.75 Å². The number of rotatable bonds is 6. The largest absolute Gasteiger partial charge is 0.508 e. The number of halogens is 1. The first-order valence-electron chi connectivity index (χ1n) is 9.12. The molecule has 0 spiro atoms. The molecule has 3 aromatic rings.